The summed E-state index contributed by atoms with van der Waals surface area (Å²) in [6.45, 7) is 2.90. The number of aliphatic hydroxyl groups is 1. The topological polar surface area (TPSA) is 38.0 Å². The van der Waals surface area contributed by atoms with Gasteiger partial charge < -0.3 is 5.11 Å². The van der Waals surface area contributed by atoms with E-state index in [2.05, 4.69) is 28.0 Å². The van der Waals surface area contributed by atoms with Crippen molar-refractivity contribution < 1.29 is 5.11 Å². The van der Waals surface area contributed by atoms with Gasteiger partial charge in [0.2, 0.25) is 0 Å². The van der Waals surface area contributed by atoms with Crippen LogP contribution < -0.4 is 0 Å². The van der Waals surface area contributed by atoms with Crippen LogP contribution in [0.25, 0.3) is 0 Å². The Bertz CT molecular complexity index is 481. The zero-order valence-corrected chi connectivity index (χ0v) is 11.3. The predicted molar refractivity (Wildman–Crippen MR) is 70.7 cm³/mol. The molecule has 1 heterocycles. The first-order valence-electron chi connectivity index (χ1n) is 5.68. The first-order chi connectivity index (χ1) is 8.24. The fourth-order valence-electron chi connectivity index (χ4n) is 1.83. The standard InChI is InChI=1S/C13H15BrN2O/c1-2-8-16-12(11(14)9-15-16)13(17)10-6-4-3-5-7-10/h3-7,9,13,17H,2,8H2,1H3. The zero-order chi connectivity index (χ0) is 12.3. The highest BCUT2D eigenvalue weighted by Gasteiger charge is 2.18. The van der Waals surface area contributed by atoms with Crippen molar-refractivity contribution in [3.63, 3.8) is 0 Å². The van der Waals surface area contributed by atoms with E-state index in [0.717, 1.165) is 28.7 Å². The van der Waals surface area contributed by atoms with Crippen LogP contribution in [0.3, 0.4) is 0 Å². The molecule has 4 heteroatoms. The van der Waals surface area contributed by atoms with Crippen molar-refractivity contribution in [2.75, 3.05) is 0 Å². The summed E-state index contributed by atoms with van der Waals surface area (Å²) in [7, 11) is 0. The van der Waals surface area contributed by atoms with E-state index in [1.54, 1.807) is 6.20 Å². The second kappa shape index (κ2) is 5.47. The summed E-state index contributed by atoms with van der Waals surface area (Å²) in [6.07, 6.45) is 2.08. The molecule has 0 fully saturated rings. The quantitative estimate of drug-likeness (QED) is 0.941. The first-order valence-corrected chi connectivity index (χ1v) is 6.47. The lowest BCUT2D eigenvalue weighted by molar-refractivity contribution is 0.206. The number of aryl methyl sites for hydroxylation is 1. The third-order valence-corrected chi connectivity index (χ3v) is 3.25. The number of nitrogens with zero attached hydrogens (tertiary/aromatic N) is 2. The second-order valence-corrected chi connectivity index (χ2v) is 4.77. The number of rotatable bonds is 4. The normalized spacial score (nSPS) is 12.6. The van der Waals surface area contributed by atoms with E-state index in [1.807, 2.05) is 35.0 Å². The number of halogens is 1. The van der Waals surface area contributed by atoms with Crippen LogP contribution in [-0.4, -0.2) is 14.9 Å². The molecule has 0 saturated heterocycles. The van der Waals surface area contributed by atoms with E-state index in [0.29, 0.717) is 0 Å². The molecule has 1 aromatic heterocycles. The van der Waals surface area contributed by atoms with Gasteiger partial charge in [-0.3, -0.25) is 4.68 Å². The summed E-state index contributed by atoms with van der Waals surface area (Å²) in [5.74, 6) is 0. The van der Waals surface area contributed by atoms with Gasteiger partial charge in [0.25, 0.3) is 0 Å². The number of aliphatic hydroxyl groups excluding tert-OH is 1. The Labute approximate surface area is 109 Å². The van der Waals surface area contributed by atoms with Gasteiger partial charge in [-0.2, -0.15) is 5.10 Å². The van der Waals surface area contributed by atoms with Crippen LogP contribution in [0.5, 0.6) is 0 Å². The van der Waals surface area contributed by atoms with Crippen molar-refractivity contribution in [2.45, 2.75) is 26.0 Å². The highest BCUT2D eigenvalue weighted by Crippen LogP contribution is 2.28. The summed E-state index contributed by atoms with van der Waals surface area (Å²) in [6, 6.07) is 9.62. The maximum Gasteiger partial charge on any atom is 0.122 e. The van der Waals surface area contributed by atoms with Crippen molar-refractivity contribution in [3.8, 4) is 0 Å². The highest BCUT2D eigenvalue weighted by atomic mass is 79.9. The molecule has 1 aromatic carbocycles. The van der Waals surface area contributed by atoms with Gasteiger partial charge in [-0.15, -0.1) is 0 Å². The molecule has 17 heavy (non-hydrogen) atoms. The Morgan fingerprint density at radius 2 is 2.06 bits per heavy atom. The first kappa shape index (κ1) is 12.3. The van der Waals surface area contributed by atoms with Gasteiger partial charge >= 0.3 is 0 Å². The minimum absolute atomic E-state index is 0.639. The van der Waals surface area contributed by atoms with Crippen molar-refractivity contribution in [1.29, 1.82) is 0 Å². The van der Waals surface area contributed by atoms with E-state index in [9.17, 15) is 5.11 Å². The molecule has 90 valence electrons. The summed E-state index contributed by atoms with van der Waals surface area (Å²) in [4.78, 5) is 0. The van der Waals surface area contributed by atoms with Gasteiger partial charge in [0, 0.05) is 6.54 Å². The SMILES string of the molecule is CCCn1ncc(Br)c1C(O)c1ccccc1. The molecule has 1 unspecified atom stereocenters. The molecule has 0 amide bonds. The molecular formula is C13H15BrN2O. The molecule has 0 saturated carbocycles. The van der Waals surface area contributed by atoms with Crippen molar-refractivity contribution >= 4 is 15.9 Å². The third kappa shape index (κ3) is 2.58. The molecule has 0 aliphatic heterocycles. The molecule has 1 atom stereocenters. The van der Waals surface area contributed by atoms with E-state index in [1.165, 1.54) is 0 Å². The number of hydrogen-bond acceptors (Lipinski definition) is 2. The second-order valence-electron chi connectivity index (χ2n) is 3.91. The van der Waals surface area contributed by atoms with Gasteiger partial charge in [-0.25, -0.2) is 0 Å². The van der Waals surface area contributed by atoms with Crippen LogP contribution in [0, 0.1) is 0 Å². The van der Waals surface area contributed by atoms with Crippen LogP contribution in [0.15, 0.2) is 41.0 Å². The fraction of sp³-hybridized carbons (Fsp3) is 0.308. The van der Waals surface area contributed by atoms with Crippen LogP contribution >= 0.6 is 15.9 Å². The summed E-state index contributed by atoms with van der Waals surface area (Å²) in [5, 5.41) is 14.6. The highest BCUT2D eigenvalue weighted by molar-refractivity contribution is 9.10. The molecule has 0 aliphatic carbocycles. The largest absolute Gasteiger partial charge is 0.382 e. The fourth-order valence-corrected chi connectivity index (χ4v) is 2.34. The van der Waals surface area contributed by atoms with Gasteiger partial charge in [-0.05, 0) is 27.9 Å². The summed E-state index contributed by atoms with van der Waals surface area (Å²) in [5.41, 5.74) is 1.70. The maximum absolute atomic E-state index is 10.4. The Kier molecular flexibility index (Phi) is 3.97. The lowest BCUT2D eigenvalue weighted by atomic mass is 10.1. The molecule has 0 bridgehead atoms. The number of benzene rings is 1. The maximum atomic E-state index is 10.4. The van der Waals surface area contributed by atoms with Gasteiger partial charge in [0.1, 0.15) is 6.10 Å². The molecular weight excluding hydrogens is 280 g/mol. The minimum Gasteiger partial charge on any atom is -0.382 e. The van der Waals surface area contributed by atoms with Gasteiger partial charge in [-0.1, -0.05) is 37.3 Å². The lowest BCUT2D eigenvalue weighted by Gasteiger charge is -2.14. The Morgan fingerprint density at radius 3 is 2.71 bits per heavy atom. The minimum atomic E-state index is -0.639. The van der Waals surface area contributed by atoms with E-state index in [-0.39, 0.29) is 0 Å². The smallest absolute Gasteiger partial charge is 0.122 e. The Hall–Kier alpha value is -1.13. The average molecular weight is 295 g/mol. The van der Waals surface area contributed by atoms with Gasteiger partial charge in [0.15, 0.2) is 0 Å². The molecule has 2 rings (SSSR count). The summed E-state index contributed by atoms with van der Waals surface area (Å²) >= 11 is 3.44. The molecule has 0 radical (unpaired) electrons. The zero-order valence-electron chi connectivity index (χ0n) is 9.68. The van der Waals surface area contributed by atoms with Crippen LogP contribution in [-0.2, 0) is 6.54 Å². The third-order valence-electron chi connectivity index (χ3n) is 2.64. The number of hydrogen-bond donors (Lipinski definition) is 1. The van der Waals surface area contributed by atoms with Crippen molar-refractivity contribution in [2.24, 2.45) is 0 Å². The molecule has 1 N–H and O–H groups in total. The monoisotopic (exact) mass is 294 g/mol. The molecule has 3 nitrogen and oxygen atoms in total. The molecule has 2 aromatic rings. The molecule has 0 spiro atoms. The van der Waals surface area contributed by atoms with E-state index in [4.69, 9.17) is 0 Å². The Balaban J connectivity index is 2.36. The number of aromatic nitrogens is 2. The van der Waals surface area contributed by atoms with E-state index >= 15 is 0 Å². The van der Waals surface area contributed by atoms with Crippen molar-refractivity contribution in [1.82, 2.24) is 9.78 Å². The molecule has 0 aliphatic rings. The van der Waals surface area contributed by atoms with Gasteiger partial charge in [0.05, 0.1) is 16.4 Å². The van der Waals surface area contributed by atoms with Crippen LogP contribution in [0.2, 0.25) is 0 Å². The predicted octanol–water partition coefficient (Wildman–Crippen LogP) is 3.14. The van der Waals surface area contributed by atoms with Crippen LogP contribution in [0.4, 0.5) is 0 Å². The summed E-state index contributed by atoms with van der Waals surface area (Å²) < 4.78 is 2.70. The van der Waals surface area contributed by atoms with Crippen LogP contribution in [0.1, 0.15) is 30.7 Å². The van der Waals surface area contributed by atoms with E-state index < -0.39 is 6.10 Å². The average Bonchev–Trinajstić information content (AvgIpc) is 2.71. The lowest BCUT2D eigenvalue weighted by Crippen LogP contribution is -2.10. The Morgan fingerprint density at radius 1 is 1.35 bits per heavy atom. The van der Waals surface area contributed by atoms with Crippen molar-refractivity contribution in [3.05, 3.63) is 52.3 Å².